The Bertz CT molecular complexity index is 159. The molecule has 0 saturated heterocycles. The Balaban J connectivity index is 4.26. The van der Waals surface area contributed by atoms with Crippen LogP contribution in [0.2, 0.25) is 0 Å². The molecule has 64 valence electrons. The van der Waals surface area contributed by atoms with Gasteiger partial charge < -0.3 is 5.11 Å². The topological polar surface area (TPSA) is 37.3 Å². The average Bonchev–Trinajstić information content (AvgIpc) is 1.88. The highest BCUT2D eigenvalue weighted by Gasteiger charge is 2.19. The first kappa shape index (κ1) is 10.2. The lowest BCUT2D eigenvalue weighted by Gasteiger charge is -2.18. The number of rotatable bonds is 4. The Morgan fingerprint density at radius 3 is 2.09 bits per heavy atom. The summed E-state index contributed by atoms with van der Waals surface area (Å²) in [7, 11) is 0. The number of aliphatic carboxylic acids is 1. The largest absolute Gasteiger partial charge is 0.478 e. The van der Waals surface area contributed by atoms with E-state index in [-0.39, 0.29) is 5.92 Å². The Labute approximate surface area is 67.9 Å². The summed E-state index contributed by atoms with van der Waals surface area (Å²) in [5.41, 5.74) is 0.336. The van der Waals surface area contributed by atoms with Crippen LogP contribution in [0, 0.1) is 11.8 Å². The van der Waals surface area contributed by atoms with Gasteiger partial charge in [-0.3, -0.25) is 0 Å². The minimum atomic E-state index is -0.870. The smallest absolute Gasteiger partial charge is 0.331 e. The lowest BCUT2D eigenvalue weighted by molar-refractivity contribution is -0.133. The molecule has 0 aliphatic carbocycles. The van der Waals surface area contributed by atoms with Gasteiger partial charge in [-0.2, -0.15) is 0 Å². The highest BCUT2D eigenvalue weighted by molar-refractivity contribution is 5.86. The summed E-state index contributed by atoms with van der Waals surface area (Å²) in [5, 5.41) is 8.63. The van der Waals surface area contributed by atoms with E-state index in [1.54, 1.807) is 0 Å². The molecule has 2 heteroatoms. The fraction of sp³-hybridized carbons (Fsp3) is 0.667. The van der Waals surface area contributed by atoms with Gasteiger partial charge in [-0.25, -0.2) is 4.79 Å². The van der Waals surface area contributed by atoms with Crippen molar-refractivity contribution in [3.8, 4) is 0 Å². The van der Waals surface area contributed by atoms with Crippen LogP contribution >= 0.6 is 0 Å². The van der Waals surface area contributed by atoms with Crippen molar-refractivity contribution >= 4 is 5.97 Å². The molecule has 0 amide bonds. The Hall–Kier alpha value is -0.790. The van der Waals surface area contributed by atoms with E-state index >= 15 is 0 Å². The second-order valence-electron chi connectivity index (χ2n) is 3.09. The zero-order chi connectivity index (χ0) is 9.02. The van der Waals surface area contributed by atoms with Crippen LogP contribution in [0.4, 0.5) is 0 Å². The van der Waals surface area contributed by atoms with E-state index in [2.05, 4.69) is 6.58 Å². The molecule has 11 heavy (non-hydrogen) atoms. The third-order valence-electron chi connectivity index (χ3n) is 1.97. The number of hydrogen-bond donors (Lipinski definition) is 1. The molecule has 0 bridgehead atoms. The van der Waals surface area contributed by atoms with Gasteiger partial charge in [-0.1, -0.05) is 27.4 Å². The number of carboxylic acid groups (broad SMARTS) is 1. The first-order valence-corrected chi connectivity index (χ1v) is 3.92. The molecular weight excluding hydrogens is 140 g/mol. The molecular formula is C9H16O2. The monoisotopic (exact) mass is 156 g/mol. The van der Waals surface area contributed by atoms with Gasteiger partial charge in [0.2, 0.25) is 0 Å². The quantitative estimate of drug-likeness (QED) is 0.634. The maximum Gasteiger partial charge on any atom is 0.331 e. The molecule has 0 saturated carbocycles. The van der Waals surface area contributed by atoms with E-state index in [0.29, 0.717) is 11.5 Å². The third-order valence-corrected chi connectivity index (χ3v) is 1.97. The Morgan fingerprint density at radius 1 is 1.55 bits per heavy atom. The van der Waals surface area contributed by atoms with Crippen molar-refractivity contribution in [2.75, 3.05) is 0 Å². The maximum atomic E-state index is 10.5. The summed E-state index contributed by atoms with van der Waals surface area (Å²) in [5.74, 6) is -0.387. The van der Waals surface area contributed by atoms with Gasteiger partial charge in [-0.15, -0.1) is 0 Å². The molecule has 0 aromatic rings. The Morgan fingerprint density at radius 2 is 2.00 bits per heavy atom. The van der Waals surface area contributed by atoms with Gasteiger partial charge in [0.15, 0.2) is 0 Å². The normalized spacial score (nSPS) is 13.1. The van der Waals surface area contributed by atoms with E-state index in [4.69, 9.17) is 5.11 Å². The number of hydrogen-bond acceptors (Lipinski definition) is 1. The lowest BCUT2D eigenvalue weighted by atomic mass is 9.87. The fourth-order valence-electron chi connectivity index (χ4n) is 1.28. The van der Waals surface area contributed by atoms with Crippen molar-refractivity contribution in [2.24, 2.45) is 11.8 Å². The number of carboxylic acids is 1. The second kappa shape index (κ2) is 4.16. The Kier molecular flexibility index (Phi) is 3.86. The molecule has 0 rings (SSSR count). The summed E-state index contributed by atoms with van der Waals surface area (Å²) in [4.78, 5) is 10.5. The molecule has 1 atom stereocenters. The molecule has 0 aromatic carbocycles. The predicted octanol–water partition coefficient (Wildman–Crippen LogP) is 2.31. The molecule has 0 fully saturated rings. The van der Waals surface area contributed by atoms with Crippen LogP contribution in [0.15, 0.2) is 12.2 Å². The summed E-state index contributed by atoms with van der Waals surface area (Å²) in [6.45, 7) is 9.56. The van der Waals surface area contributed by atoms with Gasteiger partial charge in [-0.05, 0) is 18.3 Å². The highest BCUT2D eigenvalue weighted by Crippen LogP contribution is 2.22. The van der Waals surface area contributed by atoms with Crippen molar-refractivity contribution < 1.29 is 9.90 Å². The van der Waals surface area contributed by atoms with Crippen LogP contribution in [0.25, 0.3) is 0 Å². The van der Waals surface area contributed by atoms with E-state index in [1.165, 1.54) is 0 Å². The first-order chi connectivity index (χ1) is 5.00. The summed E-state index contributed by atoms with van der Waals surface area (Å²) in [6, 6.07) is 0. The van der Waals surface area contributed by atoms with Crippen molar-refractivity contribution in [3.05, 3.63) is 12.2 Å². The number of carbonyl (C=O) groups is 1. The SMILES string of the molecule is C=C(C(=O)O)C(CC)C(C)C. The molecule has 0 radical (unpaired) electrons. The molecule has 1 unspecified atom stereocenters. The fourth-order valence-corrected chi connectivity index (χ4v) is 1.28. The summed E-state index contributed by atoms with van der Waals surface area (Å²) >= 11 is 0. The van der Waals surface area contributed by atoms with Crippen molar-refractivity contribution in [1.29, 1.82) is 0 Å². The van der Waals surface area contributed by atoms with Gasteiger partial charge in [0.05, 0.1) is 0 Å². The molecule has 1 N–H and O–H groups in total. The molecule has 0 heterocycles. The second-order valence-corrected chi connectivity index (χ2v) is 3.09. The molecule has 2 nitrogen and oxygen atoms in total. The third kappa shape index (κ3) is 2.74. The van der Waals surface area contributed by atoms with E-state index in [1.807, 2.05) is 20.8 Å². The van der Waals surface area contributed by atoms with E-state index in [0.717, 1.165) is 6.42 Å². The molecule has 0 aromatic heterocycles. The zero-order valence-corrected chi connectivity index (χ0v) is 7.42. The summed E-state index contributed by atoms with van der Waals surface area (Å²) < 4.78 is 0. The predicted molar refractivity (Wildman–Crippen MR) is 45.4 cm³/mol. The van der Waals surface area contributed by atoms with Gasteiger partial charge in [0.25, 0.3) is 0 Å². The van der Waals surface area contributed by atoms with Crippen LogP contribution in [-0.2, 0) is 4.79 Å². The van der Waals surface area contributed by atoms with Gasteiger partial charge in [0.1, 0.15) is 0 Å². The lowest BCUT2D eigenvalue weighted by Crippen LogP contribution is -2.16. The van der Waals surface area contributed by atoms with Crippen molar-refractivity contribution in [1.82, 2.24) is 0 Å². The molecule has 0 aliphatic rings. The maximum absolute atomic E-state index is 10.5. The summed E-state index contributed by atoms with van der Waals surface area (Å²) in [6.07, 6.45) is 0.850. The van der Waals surface area contributed by atoms with E-state index < -0.39 is 5.97 Å². The van der Waals surface area contributed by atoms with Crippen molar-refractivity contribution in [2.45, 2.75) is 27.2 Å². The highest BCUT2D eigenvalue weighted by atomic mass is 16.4. The van der Waals surface area contributed by atoms with Gasteiger partial charge >= 0.3 is 5.97 Å². The van der Waals surface area contributed by atoms with E-state index in [9.17, 15) is 4.79 Å². The molecule has 0 aliphatic heterocycles. The van der Waals surface area contributed by atoms with Crippen LogP contribution in [-0.4, -0.2) is 11.1 Å². The minimum Gasteiger partial charge on any atom is -0.478 e. The molecule has 0 spiro atoms. The first-order valence-electron chi connectivity index (χ1n) is 3.92. The minimum absolute atomic E-state index is 0.118. The van der Waals surface area contributed by atoms with Crippen molar-refractivity contribution in [3.63, 3.8) is 0 Å². The zero-order valence-electron chi connectivity index (χ0n) is 7.42. The van der Waals surface area contributed by atoms with Crippen LogP contribution < -0.4 is 0 Å². The average molecular weight is 156 g/mol. The van der Waals surface area contributed by atoms with Crippen LogP contribution in [0.1, 0.15) is 27.2 Å². The van der Waals surface area contributed by atoms with Crippen LogP contribution in [0.5, 0.6) is 0 Å². The van der Waals surface area contributed by atoms with Gasteiger partial charge in [0, 0.05) is 5.57 Å². The standard InChI is InChI=1S/C9H16O2/c1-5-8(6(2)3)7(4)9(10)11/h6,8H,4-5H2,1-3H3,(H,10,11). The van der Waals surface area contributed by atoms with Crippen LogP contribution in [0.3, 0.4) is 0 Å².